The Morgan fingerprint density at radius 1 is 1.16 bits per heavy atom. The van der Waals surface area contributed by atoms with Gasteiger partial charge in [-0.2, -0.15) is 5.26 Å². The number of hydrogen-bond acceptors (Lipinski definition) is 6. The van der Waals surface area contributed by atoms with Crippen LogP contribution in [0.4, 0.5) is 21.6 Å². The van der Waals surface area contributed by atoms with Crippen molar-refractivity contribution in [3.63, 3.8) is 0 Å². The Morgan fingerprint density at radius 3 is 2.45 bits per heavy atom. The lowest BCUT2D eigenvalue weighted by Gasteiger charge is -2.17. The van der Waals surface area contributed by atoms with Crippen LogP contribution in [-0.2, 0) is 4.79 Å². The van der Waals surface area contributed by atoms with Crippen LogP contribution in [0.15, 0.2) is 55.3 Å². The summed E-state index contributed by atoms with van der Waals surface area (Å²) in [6.07, 6.45) is 2.58. The molecule has 4 aromatic rings. The zero-order valence-corrected chi connectivity index (χ0v) is 22.1. The van der Waals surface area contributed by atoms with Crippen LogP contribution in [0.5, 0.6) is 11.5 Å². The largest absolute Gasteiger partial charge is 0.495 e. The quantitative estimate of drug-likeness (QED) is 0.232. The molecule has 10 heteroatoms. The first kappa shape index (κ1) is 26.7. The molecule has 0 saturated carbocycles. The number of anilines is 3. The van der Waals surface area contributed by atoms with Crippen LogP contribution in [0.1, 0.15) is 11.1 Å². The first-order chi connectivity index (χ1) is 18.2. The van der Waals surface area contributed by atoms with Crippen molar-refractivity contribution in [2.45, 2.75) is 6.92 Å². The Balaban J connectivity index is 1.88. The number of halogens is 3. The maximum atomic E-state index is 15.7. The van der Waals surface area contributed by atoms with Gasteiger partial charge in [-0.25, -0.2) is 9.37 Å². The summed E-state index contributed by atoms with van der Waals surface area (Å²) in [5.74, 6) is -0.365. The first-order valence-corrected chi connectivity index (χ1v) is 11.9. The van der Waals surface area contributed by atoms with Crippen molar-refractivity contribution in [3.8, 4) is 28.7 Å². The summed E-state index contributed by atoms with van der Waals surface area (Å²) in [6.45, 7) is 5.28. The monoisotopic (exact) mass is 550 g/mol. The van der Waals surface area contributed by atoms with Gasteiger partial charge in [-0.15, -0.1) is 0 Å². The maximum Gasteiger partial charge on any atom is 0.247 e. The van der Waals surface area contributed by atoms with Crippen LogP contribution in [0.25, 0.3) is 21.9 Å². The van der Waals surface area contributed by atoms with Crippen LogP contribution in [-0.4, -0.2) is 25.1 Å². The van der Waals surface area contributed by atoms with E-state index >= 15 is 4.39 Å². The molecule has 38 heavy (non-hydrogen) atoms. The Kier molecular flexibility index (Phi) is 7.72. The fraction of sp³-hybridized carbons (Fsp3) is 0.107. The molecule has 1 amide bonds. The van der Waals surface area contributed by atoms with Crippen molar-refractivity contribution in [1.29, 1.82) is 5.26 Å². The summed E-state index contributed by atoms with van der Waals surface area (Å²) >= 11 is 13.1. The lowest BCUT2D eigenvalue weighted by Crippen LogP contribution is -2.10. The normalized spacial score (nSPS) is 10.6. The second-order valence-electron chi connectivity index (χ2n) is 8.12. The number of para-hydroxylation sites is 1. The van der Waals surface area contributed by atoms with Crippen LogP contribution in [0.2, 0.25) is 10.0 Å². The first-order valence-electron chi connectivity index (χ1n) is 11.2. The van der Waals surface area contributed by atoms with Gasteiger partial charge in [0, 0.05) is 28.6 Å². The minimum absolute atomic E-state index is 0.0174. The minimum Gasteiger partial charge on any atom is -0.495 e. The van der Waals surface area contributed by atoms with Crippen LogP contribution in [0, 0.1) is 24.1 Å². The summed E-state index contributed by atoms with van der Waals surface area (Å²) < 4.78 is 26.3. The number of hydrogen-bond donors (Lipinski definition) is 2. The third-order valence-electron chi connectivity index (χ3n) is 5.87. The van der Waals surface area contributed by atoms with Gasteiger partial charge < -0.3 is 20.1 Å². The third-order valence-corrected chi connectivity index (χ3v) is 6.62. The summed E-state index contributed by atoms with van der Waals surface area (Å²) in [6, 6.07) is 11.7. The fourth-order valence-electron chi connectivity index (χ4n) is 4.04. The third kappa shape index (κ3) is 4.82. The van der Waals surface area contributed by atoms with Crippen molar-refractivity contribution in [2.75, 3.05) is 24.9 Å². The van der Waals surface area contributed by atoms with E-state index in [2.05, 4.69) is 22.2 Å². The highest BCUT2D eigenvalue weighted by Gasteiger charge is 2.22. The molecule has 1 aromatic heterocycles. The predicted octanol–water partition coefficient (Wildman–Crippen LogP) is 7.41. The van der Waals surface area contributed by atoms with Gasteiger partial charge in [-0.1, -0.05) is 41.9 Å². The van der Waals surface area contributed by atoms with E-state index in [9.17, 15) is 10.1 Å². The number of methoxy groups -OCH3 is 2. The highest BCUT2D eigenvalue weighted by atomic mass is 35.5. The summed E-state index contributed by atoms with van der Waals surface area (Å²) in [5, 5.41) is 16.6. The molecule has 1 heterocycles. The molecule has 0 bridgehead atoms. The number of rotatable bonds is 7. The number of ether oxygens (including phenoxy) is 2. The van der Waals surface area contributed by atoms with E-state index in [-0.39, 0.29) is 26.8 Å². The molecule has 3 aromatic carbocycles. The molecule has 0 atom stereocenters. The van der Waals surface area contributed by atoms with Crippen molar-refractivity contribution in [2.24, 2.45) is 0 Å². The number of nitrogens with one attached hydrogen (secondary N) is 2. The van der Waals surface area contributed by atoms with Gasteiger partial charge in [0.2, 0.25) is 5.91 Å². The predicted molar refractivity (Wildman–Crippen MR) is 148 cm³/mol. The van der Waals surface area contributed by atoms with Crippen LogP contribution < -0.4 is 20.1 Å². The number of amides is 1. The number of nitrogens with zero attached hydrogens (tertiary/aromatic N) is 2. The van der Waals surface area contributed by atoms with Crippen molar-refractivity contribution < 1.29 is 18.7 Å². The molecular formula is C28H21Cl2FN4O3. The molecular weight excluding hydrogens is 530 g/mol. The van der Waals surface area contributed by atoms with E-state index in [1.807, 2.05) is 19.1 Å². The molecule has 0 aliphatic heterocycles. The number of pyridine rings is 1. The molecule has 192 valence electrons. The molecule has 0 spiro atoms. The number of aryl methyl sites for hydroxylation is 1. The molecule has 2 N–H and O–H groups in total. The SMILES string of the molecule is C=CC(=O)Nc1cccc(C)c1Nc1ncc2cc(-c3c(Cl)c(OC)cc(OC)c3Cl)cc(F)c2c1C#N. The molecule has 0 unspecified atom stereocenters. The molecule has 0 fully saturated rings. The van der Waals surface area contributed by atoms with Gasteiger partial charge in [0.25, 0.3) is 0 Å². The van der Waals surface area contributed by atoms with Crippen LogP contribution in [0.3, 0.4) is 0 Å². The zero-order valence-electron chi connectivity index (χ0n) is 20.6. The number of nitriles is 1. The van der Waals surface area contributed by atoms with E-state index in [1.54, 1.807) is 18.2 Å². The summed E-state index contributed by atoms with van der Waals surface area (Å²) in [4.78, 5) is 16.3. The topological polar surface area (TPSA) is 96.3 Å². The molecule has 0 saturated heterocycles. The number of carbonyl (C=O) groups excluding carboxylic acids is 1. The number of benzene rings is 3. The van der Waals surface area contributed by atoms with Gasteiger partial charge in [0.15, 0.2) is 0 Å². The highest BCUT2D eigenvalue weighted by molar-refractivity contribution is 6.41. The van der Waals surface area contributed by atoms with Gasteiger partial charge in [-0.3, -0.25) is 4.79 Å². The second kappa shape index (κ2) is 11.0. The number of carbonyl (C=O) groups is 1. The second-order valence-corrected chi connectivity index (χ2v) is 8.87. The lowest BCUT2D eigenvalue weighted by atomic mass is 9.98. The molecule has 4 rings (SSSR count). The van der Waals surface area contributed by atoms with Gasteiger partial charge in [0.05, 0.1) is 35.6 Å². The van der Waals surface area contributed by atoms with E-state index in [0.29, 0.717) is 39.4 Å². The van der Waals surface area contributed by atoms with E-state index in [0.717, 1.165) is 11.6 Å². The molecule has 0 aliphatic rings. The number of aromatic nitrogens is 1. The Labute approximate surface area is 228 Å². The number of fused-ring (bicyclic) bond motifs is 1. The molecule has 0 radical (unpaired) electrons. The van der Waals surface area contributed by atoms with E-state index < -0.39 is 11.7 Å². The Bertz CT molecular complexity index is 1620. The van der Waals surface area contributed by atoms with E-state index in [4.69, 9.17) is 32.7 Å². The lowest BCUT2D eigenvalue weighted by molar-refractivity contribution is -0.111. The van der Waals surface area contributed by atoms with Gasteiger partial charge >= 0.3 is 0 Å². The standard InChI is InChI=1S/C28H21Cl2FN4O3/c1-5-22(36)34-19-8-6-7-14(2)27(19)35-28-17(12-32)23-16(13-33-28)9-15(10-18(23)31)24-25(29)20(37-3)11-21(38-4)26(24)30/h5-11,13H,1H2,2-4H3,(H,33,35)(H,34,36). The molecule has 7 nitrogen and oxygen atoms in total. The average molecular weight is 551 g/mol. The Hall–Kier alpha value is -4.32. The molecule has 0 aliphatic carbocycles. The average Bonchev–Trinajstić information content (AvgIpc) is 2.90. The fourth-order valence-corrected chi connectivity index (χ4v) is 4.76. The van der Waals surface area contributed by atoms with Crippen molar-refractivity contribution in [1.82, 2.24) is 4.98 Å². The highest BCUT2D eigenvalue weighted by Crippen LogP contribution is 2.47. The minimum atomic E-state index is -0.682. The van der Waals surface area contributed by atoms with Gasteiger partial charge in [0.1, 0.15) is 34.8 Å². The summed E-state index contributed by atoms with van der Waals surface area (Å²) in [5.41, 5.74) is 2.37. The Morgan fingerprint density at radius 2 is 1.84 bits per heavy atom. The maximum absolute atomic E-state index is 15.7. The van der Waals surface area contributed by atoms with E-state index in [1.165, 1.54) is 32.5 Å². The van der Waals surface area contributed by atoms with Crippen LogP contribution >= 0.6 is 23.2 Å². The summed E-state index contributed by atoms with van der Waals surface area (Å²) in [7, 11) is 2.89. The van der Waals surface area contributed by atoms with Gasteiger partial charge in [-0.05, 0) is 42.3 Å². The van der Waals surface area contributed by atoms with Crippen molar-refractivity contribution in [3.05, 3.63) is 82.2 Å². The zero-order chi connectivity index (χ0) is 27.6. The smallest absolute Gasteiger partial charge is 0.247 e. The van der Waals surface area contributed by atoms with Crippen molar-refractivity contribution >= 4 is 57.1 Å².